The van der Waals surface area contributed by atoms with Crippen LogP contribution in [-0.4, -0.2) is 12.0 Å². The van der Waals surface area contributed by atoms with Crippen molar-refractivity contribution in [1.82, 2.24) is 0 Å². The highest BCUT2D eigenvalue weighted by Crippen LogP contribution is 2.36. The number of aryl methyl sites for hydroxylation is 1. The Labute approximate surface area is 121 Å². The fourth-order valence-corrected chi connectivity index (χ4v) is 1.84. The molecule has 106 valence electrons. The predicted octanol–water partition coefficient (Wildman–Crippen LogP) is 3.58. The third-order valence-electron chi connectivity index (χ3n) is 2.90. The molecule has 2 aromatic carbocycles. The summed E-state index contributed by atoms with van der Waals surface area (Å²) in [5.41, 5.74) is 1.08. The molecule has 0 bridgehead atoms. The van der Waals surface area contributed by atoms with Crippen LogP contribution < -0.4 is 9.47 Å². The maximum atomic E-state index is 10.8. The largest absolute Gasteiger partial charge is 0.493 e. The predicted molar refractivity (Wildman–Crippen MR) is 75.6 cm³/mol. The Bertz CT molecular complexity index is 735. The molecule has 0 unspecified atom stereocenters. The zero-order valence-electron chi connectivity index (χ0n) is 11.5. The molecule has 0 saturated heterocycles. The van der Waals surface area contributed by atoms with Crippen molar-refractivity contribution >= 4 is 5.69 Å². The topological polar surface area (TPSA) is 85.4 Å². The fraction of sp³-hybridized carbons (Fsp3) is 0.133. The molecular formula is C15H12N2O4. The maximum absolute atomic E-state index is 10.8. The van der Waals surface area contributed by atoms with E-state index in [0.717, 1.165) is 5.56 Å². The summed E-state index contributed by atoms with van der Waals surface area (Å²) >= 11 is 0. The van der Waals surface area contributed by atoms with Crippen molar-refractivity contribution < 1.29 is 14.4 Å². The molecule has 0 aliphatic carbocycles. The van der Waals surface area contributed by atoms with Gasteiger partial charge >= 0.3 is 0 Å². The number of para-hydroxylation sites is 1. The lowest BCUT2D eigenvalue weighted by molar-refractivity contribution is -0.384. The van der Waals surface area contributed by atoms with E-state index in [2.05, 4.69) is 0 Å². The van der Waals surface area contributed by atoms with Gasteiger partial charge in [-0.25, -0.2) is 0 Å². The van der Waals surface area contributed by atoms with Gasteiger partial charge in [0.05, 0.1) is 23.7 Å². The Hall–Kier alpha value is -3.07. The summed E-state index contributed by atoms with van der Waals surface area (Å²) in [5.74, 6) is 0.956. The molecule has 0 heterocycles. The lowest BCUT2D eigenvalue weighted by atomic mass is 10.1. The van der Waals surface area contributed by atoms with Crippen LogP contribution in [0.25, 0.3) is 0 Å². The van der Waals surface area contributed by atoms with Crippen molar-refractivity contribution in [2.45, 2.75) is 6.92 Å². The van der Waals surface area contributed by atoms with Crippen LogP contribution in [0.3, 0.4) is 0 Å². The molecule has 2 rings (SSSR count). The molecule has 0 aliphatic rings. The average molecular weight is 284 g/mol. The summed E-state index contributed by atoms with van der Waals surface area (Å²) in [4.78, 5) is 10.2. The molecule has 0 aromatic heterocycles. The van der Waals surface area contributed by atoms with Crippen LogP contribution in [-0.2, 0) is 0 Å². The number of benzene rings is 2. The second kappa shape index (κ2) is 5.92. The van der Waals surface area contributed by atoms with Crippen molar-refractivity contribution in [2.75, 3.05) is 7.11 Å². The molecule has 0 amide bonds. The number of nitrogens with zero attached hydrogens (tertiary/aromatic N) is 2. The summed E-state index contributed by atoms with van der Waals surface area (Å²) < 4.78 is 10.8. The van der Waals surface area contributed by atoms with E-state index in [1.165, 1.54) is 25.3 Å². The summed E-state index contributed by atoms with van der Waals surface area (Å²) in [7, 11) is 1.40. The smallest absolute Gasteiger partial charge is 0.273 e. The van der Waals surface area contributed by atoms with Crippen LogP contribution in [0, 0.1) is 28.4 Å². The number of non-ortho nitro benzene ring substituents is 1. The minimum atomic E-state index is -0.513. The van der Waals surface area contributed by atoms with E-state index < -0.39 is 4.92 Å². The van der Waals surface area contributed by atoms with E-state index in [0.29, 0.717) is 17.1 Å². The first-order valence-electron chi connectivity index (χ1n) is 6.07. The van der Waals surface area contributed by atoms with Crippen LogP contribution in [0.2, 0.25) is 0 Å². The quantitative estimate of drug-likeness (QED) is 0.632. The van der Waals surface area contributed by atoms with Gasteiger partial charge < -0.3 is 9.47 Å². The van der Waals surface area contributed by atoms with E-state index in [1.807, 2.05) is 19.1 Å². The van der Waals surface area contributed by atoms with Gasteiger partial charge in [-0.2, -0.15) is 5.26 Å². The number of ether oxygens (including phenoxy) is 2. The number of nitro benzene ring substituents is 1. The van der Waals surface area contributed by atoms with Crippen molar-refractivity contribution in [3.05, 3.63) is 57.6 Å². The minimum absolute atomic E-state index is 0.0931. The molecule has 21 heavy (non-hydrogen) atoms. The van der Waals surface area contributed by atoms with Crippen molar-refractivity contribution in [2.24, 2.45) is 0 Å². The number of nitro groups is 1. The minimum Gasteiger partial charge on any atom is -0.493 e. The zero-order chi connectivity index (χ0) is 15.4. The van der Waals surface area contributed by atoms with E-state index >= 15 is 0 Å². The highest BCUT2D eigenvalue weighted by atomic mass is 16.6. The first kappa shape index (κ1) is 14.3. The van der Waals surface area contributed by atoms with Crippen molar-refractivity contribution in [3.8, 4) is 23.3 Å². The van der Waals surface area contributed by atoms with Crippen LogP contribution >= 0.6 is 0 Å². The van der Waals surface area contributed by atoms with Gasteiger partial charge in [-0.1, -0.05) is 12.1 Å². The normalized spacial score (nSPS) is 9.76. The van der Waals surface area contributed by atoms with Crippen LogP contribution in [0.4, 0.5) is 5.69 Å². The maximum Gasteiger partial charge on any atom is 0.273 e. The molecule has 0 aliphatic heterocycles. The summed E-state index contributed by atoms with van der Waals surface area (Å²) in [6.45, 7) is 1.81. The fourth-order valence-electron chi connectivity index (χ4n) is 1.84. The Morgan fingerprint density at radius 3 is 2.62 bits per heavy atom. The SMILES string of the molecule is COc1cc([N+](=O)[O-])ccc1Oc1c(C)cccc1C#N. The van der Waals surface area contributed by atoms with Crippen LogP contribution in [0.1, 0.15) is 11.1 Å². The van der Waals surface area contributed by atoms with Gasteiger partial charge in [-0.05, 0) is 24.6 Å². The molecule has 0 N–H and O–H groups in total. The zero-order valence-corrected chi connectivity index (χ0v) is 11.5. The number of hydrogen-bond acceptors (Lipinski definition) is 5. The molecule has 2 aromatic rings. The highest BCUT2D eigenvalue weighted by molar-refractivity contribution is 5.54. The van der Waals surface area contributed by atoms with Gasteiger partial charge in [0.25, 0.3) is 5.69 Å². The van der Waals surface area contributed by atoms with Gasteiger partial charge in [-0.3, -0.25) is 10.1 Å². The highest BCUT2D eigenvalue weighted by Gasteiger charge is 2.15. The third kappa shape index (κ3) is 2.92. The lowest BCUT2D eigenvalue weighted by Gasteiger charge is -2.13. The molecule has 0 radical (unpaired) electrons. The van der Waals surface area contributed by atoms with Crippen molar-refractivity contribution in [1.29, 1.82) is 5.26 Å². The van der Waals surface area contributed by atoms with Gasteiger partial charge in [0, 0.05) is 6.07 Å². The molecule has 0 fully saturated rings. The summed E-state index contributed by atoms with van der Waals surface area (Å²) in [5, 5.41) is 19.9. The molecule has 6 nitrogen and oxygen atoms in total. The monoisotopic (exact) mass is 284 g/mol. The second-order valence-electron chi connectivity index (χ2n) is 4.26. The Balaban J connectivity index is 2.45. The average Bonchev–Trinajstić information content (AvgIpc) is 2.49. The third-order valence-corrected chi connectivity index (χ3v) is 2.90. The van der Waals surface area contributed by atoms with Gasteiger partial charge in [-0.15, -0.1) is 0 Å². The number of hydrogen-bond donors (Lipinski definition) is 0. The van der Waals surface area contributed by atoms with Gasteiger partial charge in [0.15, 0.2) is 11.5 Å². The molecule has 0 spiro atoms. The Morgan fingerprint density at radius 1 is 1.24 bits per heavy atom. The molecule has 6 heteroatoms. The number of rotatable bonds is 4. The van der Waals surface area contributed by atoms with Crippen molar-refractivity contribution in [3.63, 3.8) is 0 Å². The second-order valence-corrected chi connectivity index (χ2v) is 4.26. The van der Waals surface area contributed by atoms with Crippen LogP contribution in [0.15, 0.2) is 36.4 Å². The van der Waals surface area contributed by atoms with Gasteiger partial charge in [0.2, 0.25) is 0 Å². The summed E-state index contributed by atoms with van der Waals surface area (Å²) in [6.07, 6.45) is 0. The first-order chi connectivity index (χ1) is 10.1. The molecule has 0 atom stereocenters. The summed E-state index contributed by atoms with van der Waals surface area (Å²) in [6, 6.07) is 11.3. The Morgan fingerprint density at radius 2 is 2.00 bits per heavy atom. The number of nitriles is 1. The number of methoxy groups -OCH3 is 1. The van der Waals surface area contributed by atoms with E-state index in [9.17, 15) is 10.1 Å². The standard InChI is InChI=1S/C15H12N2O4/c1-10-4-3-5-11(9-16)15(10)21-13-7-6-12(17(18)19)8-14(13)20-2/h3-8H,1-2H3. The lowest BCUT2D eigenvalue weighted by Crippen LogP contribution is -1.96. The van der Waals surface area contributed by atoms with Crippen LogP contribution in [0.5, 0.6) is 17.2 Å². The van der Waals surface area contributed by atoms with E-state index in [-0.39, 0.29) is 11.4 Å². The Kier molecular flexibility index (Phi) is 4.05. The van der Waals surface area contributed by atoms with E-state index in [4.69, 9.17) is 14.7 Å². The van der Waals surface area contributed by atoms with Gasteiger partial charge in [0.1, 0.15) is 11.8 Å². The first-order valence-corrected chi connectivity index (χ1v) is 6.07. The van der Waals surface area contributed by atoms with E-state index in [1.54, 1.807) is 12.1 Å². The molecule has 0 saturated carbocycles. The molecular weight excluding hydrogens is 272 g/mol.